The van der Waals surface area contributed by atoms with Crippen LogP contribution >= 0.6 is 0 Å². The first-order chi connectivity index (χ1) is 30.0. The van der Waals surface area contributed by atoms with Gasteiger partial charge in [0.05, 0.1) is 0 Å². The molecule has 0 spiro atoms. The highest BCUT2D eigenvalue weighted by Crippen LogP contribution is 2.16. The van der Waals surface area contributed by atoms with Crippen molar-refractivity contribution in [1.82, 2.24) is 0 Å². The molecule has 0 saturated carbocycles. The molecule has 0 unspecified atom stereocenters. The van der Waals surface area contributed by atoms with Crippen molar-refractivity contribution in [3.8, 4) is 0 Å². The lowest BCUT2D eigenvalue weighted by atomic mass is 10.0. The molecule has 0 heterocycles. The highest BCUT2D eigenvalue weighted by atomic mass is 16.6. The maximum atomic E-state index is 12.8. The van der Waals surface area contributed by atoms with E-state index in [0.29, 0.717) is 19.3 Å². The van der Waals surface area contributed by atoms with Gasteiger partial charge in [-0.1, -0.05) is 251 Å². The smallest absolute Gasteiger partial charge is 0.306 e. The molecular formula is C55H104O6. The van der Waals surface area contributed by atoms with Crippen molar-refractivity contribution in [3.63, 3.8) is 0 Å². The predicted molar refractivity (Wildman–Crippen MR) is 261 cm³/mol. The molecule has 0 saturated heterocycles. The van der Waals surface area contributed by atoms with Crippen molar-refractivity contribution < 1.29 is 28.6 Å². The minimum absolute atomic E-state index is 0.0678. The second-order valence-corrected chi connectivity index (χ2v) is 18.5. The highest BCUT2D eigenvalue weighted by Gasteiger charge is 2.19. The highest BCUT2D eigenvalue weighted by molar-refractivity contribution is 5.71. The van der Waals surface area contributed by atoms with Gasteiger partial charge in [0.1, 0.15) is 13.2 Å². The number of esters is 3. The molecule has 0 rings (SSSR count). The summed E-state index contributed by atoms with van der Waals surface area (Å²) in [7, 11) is 0. The van der Waals surface area contributed by atoms with E-state index in [1.165, 1.54) is 199 Å². The Morgan fingerprint density at radius 3 is 0.820 bits per heavy atom. The van der Waals surface area contributed by atoms with Crippen LogP contribution in [-0.2, 0) is 28.6 Å². The third kappa shape index (κ3) is 49.0. The van der Waals surface area contributed by atoms with E-state index in [2.05, 4.69) is 32.9 Å². The second kappa shape index (κ2) is 50.8. The normalized spacial score (nSPS) is 12.0. The van der Waals surface area contributed by atoms with Crippen LogP contribution in [0.1, 0.15) is 303 Å². The molecule has 0 bridgehead atoms. The Hall–Kier alpha value is -1.85. The van der Waals surface area contributed by atoms with Crippen molar-refractivity contribution in [2.45, 2.75) is 309 Å². The van der Waals surface area contributed by atoms with Gasteiger partial charge in [0, 0.05) is 19.3 Å². The summed E-state index contributed by atoms with van der Waals surface area (Å²) in [6.45, 7) is 6.67. The largest absolute Gasteiger partial charge is 0.462 e. The van der Waals surface area contributed by atoms with Crippen LogP contribution in [0.2, 0.25) is 0 Å². The molecule has 0 radical (unpaired) electrons. The van der Waals surface area contributed by atoms with E-state index in [0.717, 1.165) is 64.2 Å². The number of ether oxygens (including phenoxy) is 3. The van der Waals surface area contributed by atoms with Crippen LogP contribution in [-0.4, -0.2) is 37.2 Å². The van der Waals surface area contributed by atoms with E-state index in [-0.39, 0.29) is 31.1 Å². The zero-order valence-corrected chi connectivity index (χ0v) is 41.2. The van der Waals surface area contributed by atoms with E-state index in [1.54, 1.807) is 0 Å². The van der Waals surface area contributed by atoms with Gasteiger partial charge in [-0.15, -0.1) is 0 Å². The van der Waals surface area contributed by atoms with Crippen LogP contribution in [0.3, 0.4) is 0 Å². The molecule has 0 N–H and O–H groups in total. The zero-order valence-electron chi connectivity index (χ0n) is 41.2. The van der Waals surface area contributed by atoms with Gasteiger partial charge in [0.25, 0.3) is 0 Å². The van der Waals surface area contributed by atoms with Crippen molar-refractivity contribution in [1.29, 1.82) is 0 Å². The van der Waals surface area contributed by atoms with Crippen molar-refractivity contribution in [3.05, 3.63) is 12.2 Å². The van der Waals surface area contributed by atoms with Crippen molar-refractivity contribution >= 4 is 17.9 Å². The summed E-state index contributed by atoms with van der Waals surface area (Å²) in [4.78, 5) is 38.0. The Morgan fingerprint density at radius 1 is 0.311 bits per heavy atom. The third-order valence-electron chi connectivity index (χ3n) is 12.3. The standard InChI is InChI=1S/C55H104O6/c1-4-7-10-13-16-19-22-25-27-29-30-33-36-39-42-45-48-54(57)60-51-52(50-59-53(56)47-44-41-38-35-32-24-21-18-15-12-9-6-3)61-55(58)49-46-43-40-37-34-31-28-26-23-20-17-14-11-8-5-2/h26,28,52H,4-25,27,29-51H2,1-3H3/b28-26-/t52-/m1/s1. The molecule has 0 aliphatic carbocycles. The second-order valence-electron chi connectivity index (χ2n) is 18.5. The summed E-state index contributed by atoms with van der Waals surface area (Å²) in [6.07, 6.45) is 56.2. The number of hydrogen-bond donors (Lipinski definition) is 0. The third-order valence-corrected chi connectivity index (χ3v) is 12.3. The minimum Gasteiger partial charge on any atom is -0.462 e. The lowest BCUT2D eigenvalue weighted by molar-refractivity contribution is -0.167. The van der Waals surface area contributed by atoms with E-state index >= 15 is 0 Å². The van der Waals surface area contributed by atoms with Crippen LogP contribution in [0.15, 0.2) is 12.2 Å². The fourth-order valence-electron chi connectivity index (χ4n) is 8.14. The fraction of sp³-hybridized carbons (Fsp3) is 0.909. The average Bonchev–Trinajstić information content (AvgIpc) is 3.26. The maximum absolute atomic E-state index is 12.8. The van der Waals surface area contributed by atoms with Gasteiger partial charge in [-0.25, -0.2) is 0 Å². The molecule has 61 heavy (non-hydrogen) atoms. The molecule has 1 atom stereocenters. The summed E-state index contributed by atoms with van der Waals surface area (Å²) < 4.78 is 16.8. The van der Waals surface area contributed by atoms with E-state index in [9.17, 15) is 14.4 Å². The topological polar surface area (TPSA) is 78.9 Å². The monoisotopic (exact) mass is 861 g/mol. The summed E-state index contributed by atoms with van der Waals surface area (Å²) in [5.74, 6) is -0.857. The van der Waals surface area contributed by atoms with Gasteiger partial charge in [-0.3, -0.25) is 14.4 Å². The summed E-state index contributed by atoms with van der Waals surface area (Å²) >= 11 is 0. The lowest BCUT2D eigenvalue weighted by Crippen LogP contribution is -2.30. The van der Waals surface area contributed by atoms with Gasteiger partial charge in [-0.05, 0) is 44.9 Å². The number of carbonyl (C=O) groups excluding carboxylic acids is 3. The lowest BCUT2D eigenvalue weighted by Gasteiger charge is -2.18. The number of allylic oxidation sites excluding steroid dienone is 2. The molecule has 6 heteroatoms. The molecule has 0 aromatic carbocycles. The Kier molecular flexibility index (Phi) is 49.3. The molecule has 0 amide bonds. The zero-order chi connectivity index (χ0) is 44.4. The van der Waals surface area contributed by atoms with Gasteiger partial charge in [0.2, 0.25) is 0 Å². The molecule has 6 nitrogen and oxygen atoms in total. The maximum Gasteiger partial charge on any atom is 0.306 e. The summed E-state index contributed by atoms with van der Waals surface area (Å²) in [5, 5.41) is 0. The molecule has 0 aliphatic heterocycles. The fourth-order valence-corrected chi connectivity index (χ4v) is 8.14. The first kappa shape index (κ1) is 59.1. The molecule has 0 fully saturated rings. The summed E-state index contributed by atoms with van der Waals surface area (Å²) in [5.41, 5.74) is 0. The molecule has 0 aromatic rings. The van der Waals surface area contributed by atoms with E-state index in [4.69, 9.17) is 14.2 Å². The van der Waals surface area contributed by atoms with Crippen LogP contribution in [0.4, 0.5) is 0 Å². The van der Waals surface area contributed by atoms with Gasteiger partial charge >= 0.3 is 17.9 Å². The van der Waals surface area contributed by atoms with Crippen LogP contribution in [0, 0.1) is 0 Å². The minimum atomic E-state index is -0.767. The van der Waals surface area contributed by atoms with Gasteiger partial charge in [-0.2, -0.15) is 0 Å². The first-order valence-electron chi connectivity index (χ1n) is 27.2. The Balaban J connectivity index is 4.32. The summed E-state index contributed by atoms with van der Waals surface area (Å²) in [6, 6.07) is 0. The van der Waals surface area contributed by atoms with Crippen molar-refractivity contribution in [2.24, 2.45) is 0 Å². The Labute approximate surface area is 380 Å². The number of unbranched alkanes of at least 4 members (excludes halogenated alkanes) is 37. The van der Waals surface area contributed by atoms with Crippen molar-refractivity contribution in [2.75, 3.05) is 13.2 Å². The van der Waals surface area contributed by atoms with Gasteiger partial charge < -0.3 is 14.2 Å². The Morgan fingerprint density at radius 2 is 0.541 bits per heavy atom. The Bertz CT molecular complexity index is 947. The molecule has 360 valence electrons. The predicted octanol–water partition coefficient (Wildman–Crippen LogP) is 17.8. The van der Waals surface area contributed by atoms with E-state index in [1.807, 2.05) is 0 Å². The number of rotatable bonds is 50. The SMILES string of the molecule is CCCCCCCC/C=C\CCCCCCCC(=O)O[C@H](COC(=O)CCCCCCCCCCCCCC)COC(=O)CCCCCCCCCCCCCCCCCC. The molecule has 0 aromatic heterocycles. The first-order valence-corrected chi connectivity index (χ1v) is 27.2. The number of hydrogen-bond acceptors (Lipinski definition) is 6. The average molecular weight is 861 g/mol. The van der Waals surface area contributed by atoms with Crippen LogP contribution < -0.4 is 0 Å². The number of carbonyl (C=O) groups is 3. The molecule has 0 aliphatic rings. The van der Waals surface area contributed by atoms with E-state index < -0.39 is 6.10 Å². The van der Waals surface area contributed by atoms with Gasteiger partial charge in [0.15, 0.2) is 6.10 Å². The van der Waals surface area contributed by atoms with Crippen LogP contribution in [0.25, 0.3) is 0 Å². The van der Waals surface area contributed by atoms with Crippen LogP contribution in [0.5, 0.6) is 0 Å². The quantitative estimate of drug-likeness (QED) is 0.0262. The molecular weight excluding hydrogens is 757 g/mol.